The lowest BCUT2D eigenvalue weighted by atomic mass is 10.1. The van der Waals surface area contributed by atoms with Crippen LogP contribution in [0.3, 0.4) is 0 Å². The third-order valence-corrected chi connectivity index (χ3v) is 3.63. The van der Waals surface area contributed by atoms with Crippen molar-refractivity contribution < 1.29 is 18.7 Å². The zero-order chi connectivity index (χ0) is 14.0. The number of carbonyl (C=O) groups is 2. The Morgan fingerprint density at radius 3 is 2.89 bits per heavy atom. The number of methoxy groups -OCH3 is 1. The number of anilines is 1. The largest absolute Gasteiger partial charge is 0.465 e. The maximum Gasteiger partial charge on any atom is 0.340 e. The fourth-order valence-electron chi connectivity index (χ4n) is 2.15. The summed E-state index contributed by atoms with van der Waals surface area (Å²) in [7, 11) is 1.22. The average Bonchev–Trinajstić information content (AvgIpc) is 2.79. The van der Waals surface area contributed by atoms with E-state index in [2.05, 4.69) is 17.4 Å². The summed E-state index contributed by atoms with van der Waals surface area (Å²) in [4.78, 5) is 25.1. The van der Waals surface area contributed by atoms with Crippen LogP contribution in [-0.2, 0) is 9.53 Å². The first kappa shape index (κ1) is 13.9. The summed E-state index contributed by atoms with van der Waals surface area (Å²) in [5.41, 5.74) is 0.457. The summed E-state index contributed by atoms with van der Waals surface area (Å²) < 4.78 is 17.9. The first-order valence-corrected chi connectivity index (χ1v) is 6.49. The van der Waals surface area contributed by atoms with Crippen molar-refractivity contribution in [2.45, 2.75) is 6.42 Å². The number of thiol groups is 1. The van der Waals surface area contributed by atoms with E-state index in [0.717, 1.165) is 6.07 Å². The third kappa shape index (κ3) is 2.73. The van der Waals surface area contributed by atoms with E-state index < -0.39 is 11.8 Å². The van der Waals surface area contributed by atoms with Crippen LogP contribution in [0.15, 0.2) is 18.2 Å². The highest BCUT2D eigenvalue weighted by Crippen LogP contribution is 2.29. The van der Waals surface area contributed by atoms with E-state index in [1.165, 1.54) is 24.1 Å². The van der Waals surface area contributed by atoms with Crippen molar-refractivity contribution in [3.63, 3.8) is 0 Å². The number of esters is 1. The Kier molecular flexibility index (Phi) is 4.09. The van der Waals surface area contributed by atoms with Crippen LogP contribution in [-0.4, -0.2) is 31.3 Å². The van der Waals surface area contributed by atoms with Crippen LogP contribution >= 0.6 is 12.6 Å². The van der Waals surface area contributed by atoms with E-state index in [1.807, 2.05) is 0 Å². The molecule has 1 atom stereocenters. The van der Waals surface area contributed by atoms with Gasteiger partial charge >= 0.3 is 5.97 Å². The van der Waals surface area contributed by atoms with Crippen molar-refractivity contribution in [3.8, 4) is 0 Å². The van der Waals surface area contributed by atoms with Gasteiger partial charge in [-0.1, -0.05) is 0 Å². The number of amides is 1. The molecule has 102 valence electrons. The van der Waals surface area contributed by atoms with Gasteiger partial charge in [0.1, 0.15) is 5.82 Å². The van der Waals surface area contributed by atoms with Gasteiger partial charge < -0.3 is 9.64 Å². The molecule has 0 bridgehead atoms. The lowest BCUT2D eigenvalue weighted by Crippen LogP contribution is -2.27. The van der Waals surface area contributed by atoms with Gasteiger partial charge in [0, 0.05) is 13.0 Å². The van der Waals surface area contributed by atoms with Crippen molar-refractivity contribution in [3.05, 3.63) is 29.6 Å². The van der Waals surface area contributed by atoms with Crippen LogP contribution in [0.2, 0.25) is 0 Å². The van der Waals surface area contributed by atoms with Gasteiger partial charge in [0.2, 0.25) is 5.91 Å². The summed E-state index contributed by atoms with van der Waals surface area (Å²) in [5.74, 6) is -0.544. The van der Waals surface area contributed by atoms with Crippen molar-refractivity contribution >= 4 is 30.2 Å². The number of benzene rings is 1. The number of nitrogens with zero attached hydrogens (tertiary/aromatic N) is 1. The summed E-state index contributed by atoms with van der Waals surface area (Å²) in [6.45, 7) is 0.484. The second kappa shape index (κ2) is 5.61. The molecule has 1 aromatic carbocycles. The fraction of sp³-hybridized carbons (Fsp3) is 0.385. The highest BCUT2D eigenvalue weighted by Gasteiger charge is 2.32. The van der Waals surface area contributed by atoms with Gasteiger partial charge in [0.25, 0.3) is 0 Å². The molecular weight excluding hydrogens is 269 g/mol. The maximum absolute atomic E-state index is 13.2. The first-order chi connectivity index (χ1) is 9.06. The smallest absolute Gasteiger partial charge is 0.340 e. The number of rotatable bonds is 3. The Balaban J connectivity index is 2.39. The van der Waals surface area contributed by atoms with Crippen LogP contribution in [0.4, 0.5) is 10.1 Å². The second-order valence-electron chi connectivity index (χ2n) is 4.41. The van der Waals surface area contributed by atoms with Crippen LogP contribution in [0.1, 0.15) is 16.8 Å². The van der Waals surface area contributed by atoms with Crippen molar-refractivity contribution in [2.75, 3.05) is 24.3 Å². The molecule has 0 N–H and O–H groups in total. The van der Waals surface area contributed by atoms with Gasteiger partial charge in [0.05, 0.1) is 18.4 Å². The lowest BCUT2D eigenvalue weighted by molar-refractivity contribution is -0.117. The van der Waals surface area contributed by atoms with E-state index in [0.29, 0.717) is 24.4 Å². The Labute approximate surface area is 115 Å². The second-order valence-corrected chi connectivity index (χ2v) is 4.78. The van der Waals surface area contributed by atoms with Crippen LogP contribution < -0.4 is 4.90 Å². The van der Waals surface area contributed by atoms with E-state index >= 15 is 0 Å². The van der Waals surface area contributed by atoms with Gasteiger partial charge in [0.15, 0.2) is 0 Å². The minimum absolute atomic E-state index is 0.0654. The molecule has 0 spiro atoms. The highest BCUT2D eigenvalue weighted by atomic mass is 32.1. The van der Waals surface area contributed by atoms with E-state index in [9.17, 15) is 14.0 Å². The van der Waals surface area contributed by atoms with E-state index in [-0.39, 0.29) is 17.4 Å². The Morgan fingerprint density at radius 1 is 1.58 bits per heavy atom. The maximum atomic E-state index is 13.2. The number of hydrogen-bond acceptors (Lipinski definition) is 4. The highest BCUT2D eigenvalue weighted by molar-refractivity contribution is 7.80. The van der Waals surface area contributed by atoms with Gasteiger partial charge in [-0.3, -0.25) is 4.79 Å². The molecule has 1 heterocycles. The quantitative estimate of drug-likeness (QED) is 0.681. The summed E-state index contributed by atoms with van der Waals surface area (Å²) >= 11 is 4.18. The number of carbonyl (C=O) groups excluding carboxylic acids is 2. The average molecular weight is 283 g/mol. The fourth-order valence-corrected chi connectivity index (χ4v) is 2.40. The molecule has 0 aliphatic carbocycles. The van der Waals surface area contributed by atoms with Gasteiger partial charge in [-0.15, -0.1) is 0 Å². The number of halogens is 1. The molecular formula is C13H14FNO3S. The van der Waals surface area contributed by atoms with Crippen molar-refractivity contribution in [1.29, 1.82) is 0 Å². The molecule has 19 heavy (non-hydrogen) atoms. The predicted molar refractivity (Wildman–Crippen MR) is 72.1 cm³/mol. The molecule has 1 unspecified atom stereocenters. The van der Waals surface area contributed by atoms with Gasteiger partial charge in [-0.2, -0.15) is 12.6 Å². The standard InChI is InChI=1S/C13H14FNO3S/c1-18-13(17)10-5-9(14)2-3-11(10)15-6-8(7-19)4-12(15)16/h2-3,5,8,19H,4,6-7H2,1H3. The molecule has 1 aliphatic rings. The Morgan fingerprint density at radius 2 is 2.32 bits per heavy atom. The third-order valence-electron chi connectivity index (χ3n) is 3.12. The molecule has 1 saturated heterocycles. The van der Waals surface area contributed by atoms with Crippen molar-refractivity contribution in [1.82, 2.24) is 0 Å². The van der Waals surface area contributed by atoms with E-state index in [1.54, 1.807) is 0 Å². The topological polar surface area (TPSA) is 46.6 Å². The minimum Gasteiger partial charge on any atom is -0.465 e. The van der Waals surface area contributed by atoms with Gasteiger partial charge in [-0.05, 0) is 29.9 Å². The predicted octanol–water partition coefficient (Wildman–Crippen LogP) is 1.89. The molecule has 6 heteroatoms. The monoisotopic (exact) mass is 283 g/mol. The zero-order valence-electron chi connectivity index (χ0n) is 10.4. The SMILES string of the molecule is COC(=O)c1cc(F)ccc1N1CC(CS)CC1=O. The normalized spacial score (nSPS) is 18.8. The van der Waals surface area contributed by atoms with Crippen LogP contribution in [0.25, 0.3) is 0 Å². The molecule has 0 saturated carbocycles. The molecule has 1 aromatic rings. The van der Waals surface area contributed by atoms with Gasteiger partial charge in [-0.25, -0.2) is 9.18 Å². The van der Waals surface area contributed by atoms with Crippen LogP contribution in [0.5, 0.6) is 0 Å². The Hall–Kier alpha value is -1.56. The molecule has 1 fully saturated rings. The molecule has 0 radical (unpaired) electrons. The molecule has 0 aromatic heterocycles. The minimum atomic E-state index is -0.656. The molecule has 4 nitrogen and oxygen atoms in total. The Bertz CT molecular complexity index is 521. The number of ether oxygens (including phenoxy) is 1. The lowest BCUT2D eigenvalue weighted by Gasteiger charge is -2.19. The van der Waals surface area contributed by atoms with E-state index in [4.69, 9.17) is 0 Å². The summed E-state index contributed by atoms with van der Waals surface area (Å²) in [6, 6.07) is 3.74. The molecule has 2 rings (SSSR count). The summed E-state index contributed by atoms with van der Waals surface area (Å²) in [5, 5.41) is 0. The first-order valence-electron chi connectivity index (χ1n) is 5.86. The number of hydrogen-bond donors (Lipinski definition) is 1. The van der Waals surface area contributed by atoms with Crippen LogP contribution in [0, 0.1) is 11.7 Å². The molecule has 1 aliphatic heterocycles. The zero-order valence-corrected chi connectivity index (χ0v) is 11.3. The van der Waals surface area contributed by atoms with Crippen molar-refractivity contribution in [2.24, 2.45) is 5.92 Å². The summed E-state index contributed by atoms with van der Waals surface area (Å²) in [6.07, 6.45) is 0.390. The molecule has 1 amide bonds.